The molecule has 18 nitrogen and oxygen atoms in total. The molecule has 304 valence electrons. The normalized spacial score (nSPS) is 17.4. The van der Waals surface area contributed by atoms with E-state index in [1.165, 1.54) is 7.11 Å². The van der Waals surface area contributed by atoms with Gasteiger partial charge in [0.1, 0.15) is 11.8 Å². The lowest BCUT2D eigenvalue weighted by molar-refractivity contribution is -0.195. The monoisotopic (exact) mass is 767 g/mol. The first kappa shape index (κ1) is 45.8. The highest BCUT2D eigenvalue weighted by Crippen LogP contribution is 2.30. The number of carbonyl (C=O) groups is 6. The van der Waals surface area contributed by atoms with Crippen molar-refractivity contribution in [2.24, 2.45) is 11.8 Å². The molecule has 7 N–H and O–H groups in total. The quantitative estimate of drug-likeness (QED) is 0.0669. The van der Waals surface area contributed by atoms with Crippen molar-refractivity contribution in [2.75, 3.05) is 58.5 Å². The zero-order chi connectivity index (χ0) is 40.0. The summed E-state index contributed by atoms with van der Waals surface area (Å²) in [5.41, 5.74) is 0.902. The number of carboxylic acid groups (broad SMARTS) is 1. The zero-order valence-electron chi connectivity index (χ0n) is 31.8. The average molecular weight is 768 g/mol. The number of aliphatic hydroxyl groups excluding tert-OH is 1. The van der Waals surface area contributed by atoms with Gasteiger partial charge >= 0.3 is 5.97 Å². The van der Waals surface area contributed by atoms with Gasteiger partial charge in [0, 0.05) is 39.3 Å². The van der Waals surface area contributed by atoms with Crippen LogP contribution in [-0.4, -0.2) is 123 Å². The van der Waals surface area contributed by atoms with Gasteiger partial charge in [0.15, 0.2) is 6.10 Å². The molecule has 54 heavy (non-hydrogen) atoms. The second kappa shape index (κ2) is 24.9. The van der Waals surface area contributed by atoms with Crippen molar-refractivity contribution in [3.8, 4) is 5.75 Å². The van der Waals surface area contributed by atoms with Crippen LogP contribution >= 0.6 is 0 Å². The standard InChI is InChI=1S/C36H57N5O13/c1-22(2)6-9-29(43)38-19-31(45)37-11-13-52-15-14-51-12-10-30(44)41-34(23(3)4)35(47)39-20-32(46)40-26-8-7-24(21-50-5)16-27(26)53-33-18-25(42)17-28(54-33)36(48)49/h7-8,16,22-23,25,28,33-34,42H,6,9-15,17-21H2,1-5H3,(H,37,45)(H,38,43)(H,39,47)(H,40,46)(H,41,44)(H,48,49). The van der Waals surface area contributed by atoms with Crippen LogP contribution in [0.1, 0.15) is 65.4 Å². The molecule has 18 heteroatoms. The van der Waals surface area contributed by atoms with Gasteiger partial charge in [-0.3, -0.25) is 24.0 Å². The minimum atomic E-state index is -1.26. The maximum Gasteiger partial charge on any atom is 0.333 e. The van der Waals surface area contributed by atoms with Gasteiger partial charge < -0.3 is 60.5 Å². The maximum absolute atomic E-state index is 13.0. The van der Waals surface area contributed by atoms with Gasteiger partial charge in [-0.15, -0.1) is 0 Å². The number of rotatable bonds is 25. The maximum atomic E-state index is 13.0. The van der Waals surface area contributed by atoms with E-state index < -0.39 is 54.8 Å². The molecular weight excluding hydrogens is 710 g/mol. The Balaban J connectivity index is 1.72. The summed E-state index contributed by atoms with van der Waals surface area (Å²) in [5.74, 6) is -3.06. The van der Waals surface area contributed by atoms with Crippen molar-refractivity contribution in [3.05, 3.63) is 23.8 Å². The fourth-order valence-electron chi connectivity index (χ4n) is 5.01. The van der Waals surface area contributed by atoms with Crippen LogP contribution < -0.4 is 31.3 Å². The molecule has 1 heterocycles. The summed E-state index contributed by atoms with van der Waals surface area (Å²) in [6.45, 7) is 8.25. The number of carboxylic acids is 1. The van der Waals surface area contributed by atoms with Gasteiger partial charge in [-0.05, 0) is 36.0 Å². The molecule has 5 amide bonds. The minimum Gasteiger partial charge on any atom is -0.479 e. The number of benzene rings is 1. The Bertz CT molecular complexity index is 1380. The van der Waals surface area contributed by atoms with Crippen LogP contribution in [0, 0.1) is 11.8 Å². The second-order valence-electron chi connectivity index (χ2n) is 13.5. The van der Waals surface area contributed by atoms with E-state index in [0.717, 1.165) is 6.42 Å². The van der Waals surface area contributed by atoms with E-state index in [9.17, 15) is 39.0 Å². The molecule has 1 aromatic carbocycles. The molecule has 1 fully saturated rings. The molecule has 1 aliphatic heterocycles. The number of ether oxygens (including phenoxy) is 5. The van der Waals surface area contributed by atoms with Crippen molar-refractivity contribution in [1.82, 2.24) is 21.3 Å². The van der Waals surface area contributed by atoms with Crippen LogP contribution in [0.15, 0.2) is 18.2 Å². The Morgan fingerprint density at radius 3 is 2.22 bits per heavy atom. The van der Waals surface area contributed by atoms with Gasteiger partial charge in [0.05, 0.1) is 57.9 Å². The number of anilines is 1. The topological polar surface area (TPSA) is 249 Å². The number of aliphatic carboxylic acids is 1. The SMILES string of the molecule is COCc1ccc(NC(=O)CNC(=O)C(NC(=O)CCOCCOCCNC(=O)CNC(=O)CCC(C)C)C(C)C)c(OC2CC(O)CC(C(=O)O)O2)c1. The number of hydrogen-bond acceptors (Lipinski definition) is 12. The number of amides is 5. The zero-order valence-corrected chi connectivity index (χ0v) is 31.8. The van der Waals surface area contributed by atoms with E-state index in [4.69, 9.17) is 23.7 Å². The number of carbonyl (C=O) groups excluding carboxylic acids is 5. The van der Waals surface area contributed by atoms with Crippen molar-refractivity contribution < 1.29 is 62.7 Å². The van der Waals surface area contributed by atoms with Crippen molar-refractivity contribution in [3.63, 3.8) is 0 Å². The molecule has 1 aliphatic rings. The lowest BCUT2D eigenvalue weighted by atomic mass is 10.0. The van der Waals surface area contributed by atoms with Crippen molar-refractivity contribution in [1.29, 1.82) is 0 Å². The summed E-state index contributed by atoms with van der Waals surface area (Å²) in [7, 11) is 1.51. The third kappa shape index (κ3) is 18.6. The molecule has 1 aromatic rings. The molecule has 0 aromatic heterocycles. The number of methoxy groups -OCH3 is 1. The summed E-state index contributed by atoms with van der Waals surface area (Å²) >= 11 is 0. The Morgan fingerprint density at radius 2 is 1.56 bits per heavy atom. The fourth-order valence-corrected chi connectivity index (χ4v) is 5.01. The van der Waals surface area contributed by atoms with Crippen molar-refractivity contribution in [2.45, 2.75) is 90.9 Å². The molecular formula is C36H57N5O13. The Hall–Kier alpha value is -4.36. The number of hydrogen-bond donors (Lipinski definition) is 7. The largest absolute Gasteiger partial charge is 0.479 e. The molecule has 4 unspecified atom stereocenters. The molecule has 0 radical (unpaired) electrons. The van der Waals surface area contributed by atoms with Crippen LogP contribution in [0.5, 0.6) is 5.75 Å². The Morgan fingerprint density at radius 1 is 0.852 bits per heavy atom. The summed E-state index contributed by atoms with van der Waals surface area (Å²) < 4.78 is 27.4. The second-order valence-corrected chi connectivity index (χ2v) is 13.5. The Labute approximate surface area is 315 Å². The van der Waals surface area contributed by atoms with E-state index in [1.54, 1.807) is 32.0 Å². The van der Waals surface area contributed by atoms with Gasteiger partial charge in [0.25, 0.3) is 0 Å². The fraction of sp³-hybridized carbons (Fsp3) is 0.667. The van der Waals surface area contributed by atoms with Crippen LogP contribution in [0.4, 0.5) is 5.69 Å². The molecule has 4 atom stereocenters. The third-order valence-electron chi connectivity index (χ3n) is 7.93. The molecule has 0 bridgehead atoms. The average Bonchev–Trinajstić information content (AvgIpc) is 3.11. The number of aliphatic hydroxyl groups is 1. The first-order chi connectivity index (χ1) is 25.7. The summed E-state index contributed by atoms with van der Waals surface area (Å²) in [6, 6.07) is 3.90. The third-order valence-corrected chi connectivity index (χ3v) is 7.93. The van der Waals surface area contributed by atoms with Gasteiger partial charge in [-0.2, -0.15) is 0 Å². The van der Waals surface area contributed by atoms with Crippen LogP contribution in [0.3, 0.4) is 0 Å². The predicted octanol–water partition coefficient (Wildman–Crippen LogP) is 0.450. The van der Waals surface area contributed by atoms with E-state index >= 15 is 0 Å². The smallest absolute Gasteiger partial charge is 0.333 e. The highest BCUT2D eigenvalue weighted by atomic mass is 16.7. The van der Waals surface area contributed by atoms with E-state index in [-0.39, 0.29) is 94.6 Å². The molecule has 2 rings (SSSR count). The highest BCUT2D eigenvalue weighted by molar-refractivity contribution is 5.97. The van der Waals surface area contributed by atoms with E-state index in [0.29, 0.717) is 17.9 Å². The Kier molecular flexibility index (Phi) is 21.1. The van der Waals surface area contributed by atoms with Crippen LogP contribution in [-0.2, 0) is 54.3 Å². The van der Waals surface area contributed by atoms with Gasteiger partial charge in [-0.1, -0.05) is 33.8 Å². The number of nitrogens with one attached hydrogen (secondary N) is 5. The van der Waals surface area contributed by atoms with Crippen LogP contribution in [0.2, 0.25) is 0 Å². The van der Waals surface area contributed by atoms with E-state index in [2.05, 4.69) is 26.6 Å². The van der Waals surface area contributed by atoms with Crippen LogP contribution in [0.25, 0.3) is 0 Å². The lowest BCUT2D eigenvalue weighted by Gasteiger charge is -2.31. The van der Waals surface area contributed by atoms with E-state index in [1.807, 2.05) is 13.8 Å². The first-order valence-corrected chi connectivity index (χ1v) is 18.1. The predicted molar refractivity (Wildman–Crippen MR) is 194 cm³/mol. The van der Waals surface area contributed by atoms with Gasteiger partial charge in [0.2, 0.25) is 35.8 Å². The first-order valence-electron chi connectivity index (χ1n) is 18.1. The van der Waals surface area contributed by atoms with Crippen molar-refractivity contribution >= 4 is 41.2 Å². The molecule has 1 saturated heterocycles. The highest BCUT2D eigenvalue weighted by Gasteiger charge is 2.34. The molecule has 0 saturated carbocycles. The summed E-state index contributed by atoms with van der Waals surface area (Å²) in [4.78, 5) is 73.4. The van der Waals surface area contributed by atoms with Gasteiger partial charge in [-0.25, -0.2) is 4.79 Å². The molecule has 0 spiro atoms. The molecule has 0 aliphatic carbocycles. The minimum absolute atomic E-state index is 0.0101. The summed E-state index contributed by atoms with van der Waals surface area (Å²) in [6.07, 6.45) is -2.29. The lowest BCUT2D eigenvalue weighted by Crippen LogP contribution is -2.51. The summed E-state index contributed by atoms with van der Waals surface area (Å²) in [5, 5.41) is 32.6.